The van der Waals surface area contributed by atoms with Crippen molar-refractivity contribution in [1.29, 1.82) is 0 Å². The second kappa shape index (κ2) is 6.12. The first kappa shape index (κ1) is 16.8. The molecule has 0 bridgehead atoms. The third-order valence-electron chi connectivity index (χ3n) is 3.31. The molecule has 0 saturated carbocycles. The molecular formula is C17H12F3NO4. The van der Waals surface area contributed by atoms with E-state index >= 15 is 0 Å². The van der Waals surface area contributed by atoms with Gasteiger partial charge in [0.2, 0.25) is 5.90 Å². The maximum absolute atomic E-state index is 12.1. The third-order valence-corrected chi connectivity index (χ3v) is 3.31. The minimum Gasteiger partial charge on any atom is -0.466 e. The molecule has 5 nitrogen and oxygen atoms in total. The quantitative estimate of drug-likeness (QED) is 0.616. The number of carbonyl (C=O) groups is 1. The topological polar surface area (TPSA) is 61.0 Å². The number of nitrogens with zero attached hydrogens (tertiary/aromatic N) is 1. The van der Waals surface area contributed by atoms with Gasteiger partial charge in [0, 0.05) is 0 Å². The Morgan fingerprint density at radius 3 is 2.40 bits per heavy atom. The molecule has 0 N–H and O–H groups in total. The van der Waals surface area contributed by atoms with E-state index in [0.717, 1.165) is 12.1 Å². The Kier molecular flexibility index (Phi) is 4.12. The summed E-state index contributed by atoms with van der Waals surface area (Å²) in [6.07, 6.45) is -3.34. The predicted octanol–water partition coefficient (Wildman–Crippen LogP) is 4.14. The van der Waals surface area contributed by atoms with E-state index in [9.17, 15) is 18.0 Å². The Hall–Kier alpha value is -3.03. The molecule has 0 fully saturated rings. The first-order valence-corrected chi connectivity index (χ1v) is 7.17. The minimum atomic E-state index is -4.75. The molecule has 8 heteroatoms. The number of aliphatic imine (C=N–C) groups is 1. The first-order valence-electron chi connectivity index (χ1n) is 7.17. The highest BCUT2D eigenvalue weighted by atomic mass is 19.4. The van der Waals surface area contributed by atoms with Crippen LogP contribution in [0.3, 0.4) is 0 Å². The Labute approximate surface area is 140 Å². The number of benzene rings is 1. The van der Waals surface area contributed by atoms with E-state index in [1.54, 1.807) is 19.9 Å². The zero-order valence-electron chi connectivity index (χ0n) is 13.2. The molecule has 0 unspecified atom stereocenters. The van der Waals surface area contributed by atoms with Crippen molar-refractivity contribution in [3.8, 4) is 5.75 Å². The smallest absolute Gasteiger partial charge is 0.466 e. The Morgan fingerprint density at radius 2 is 1.84 bits per heavy atom. The molecule has 0 radical (unpaired) electrons. The molecule has 0 aliphatic carbocycles. The molecule has 1 aromatic heterocycles. The summed E-state index contributed by atoms with van der Waals surface area (Å²) >= 11 is 0. The first-order chi connectivity index (χ1) is 11.7. The van der Waals surface area contributed by atoms with Gasteiger partial charge in [0.25, 0.3) is 0 Å². The van der Waals surface area contributed by atoms with Crippen molar-refractivity contribution in [1.82, 2.24) is 0 Å². The van der Waals surface area contributed by atoms with E-state index in [0.29, 0.717) is 22.6 Å². The number of alkyl halides is 3. The highest BCUT2D eigenvalue weighted by Crippen LogP contribution is 2.25. The van der Waals surface area contributed by atoms with Gasteiger partial charge >= 0.3 is 12.3 Å². The fourth-order valence-corrected chi connectivity index (χ4v) is 2.29. The maximum Gasteiger partial charge on any atom is 0.573 e. The third kappa shape index (κ3) is 3.90. The van der Waals surface area contributed by atoms with Gasteiger partial charge < -0.3 is 13.9 Å². The lowest BCUT2D eigenvalue weighted by atomic mass is 10.2. The number of rotatable bonds is 3. The molecule has 25 heavy (non-hydrogen) atoms. The van der Waals surface area contributed by atoms with Gasteiger partial charge in [0.05, 0.1) is 5.56 Å². The molecule has 0 saturated heterocycles. The van der Waals surface area contributed by atoms with Crippen LogP contribution in [0, 0.1) is 13.8 Å². The van der Waals surface area contributed by atoms with E-state index < -0.39 is 12.3 Å². The summed E-state index contributed by atoms with van der Waals surface area (Å²) in [7, 11) is 0. The van der Waals surface area contributed by atoms with Crippen LogP contribution in [0.2, 0.25) is 0 Å². The van der Waals surface area contributed by atoms with Crippen molar-refractivity contribution in [2.24, 2.45) is 4.99 Å². The maximum atomic E-state index is 12.1. The molecule has 1 aromatic carbocycles. The lowest BCUT2D eigenvalue weighted by Gasteiger charge is -2.08. The Bertz CT molecular complexity index is 876. The van der Waals surface area contributed by atoms with E-state index in [1.165, 1.54) is 18.2 Å². The van der Waals surface area contributed by atoms with E-state index in [1.807, 2.05) is 0 Å². The SMILES string of the molecule is Cc1cc(C2=N/C(=C/c3ccc(OC(F)(F)F)cc3)C(=O)O2)c(C)o1. The molecule has 2 heterocycles. The van der Waals surface area contributed by atoms with Crippen LogP contribution in [0.5, 0.6) is 5.75 Å². The predicted molar refractivity (Wildman–Crippen MR) is 81.9 cm³/mol. The monoisotopic (exact) mass is 351 g/mol. The van der Waals surface area contributed by atoms with Gasteiger partial charge in [-0.25, -0.2) is 9.79 Å². The zero-order chi connectivity index (χ0) is 18.2. The summed E-state index contributed by atoms with van der Waals surface area (Å²) in [5, 5.41) is 0. The molecule has 0 atom stereocenters. The molecular weight excluding hydrogens is 339 g/mol. The van der Waals surface area contributed by atoms with Gasteiger partial charge in [-0.1, -0.05) is 12.1 Å². The van der Waals surface area contributed by atoms with Gasteiger partial charge in [-0.15, -0.1) is 13.2 Å². The summed E-state index contributed by atoms with van der Waals surface area (Å²) in [5.41, 5.74) is 1.09. The lowest BCUT2D eigenvalue weighted by Crippen LogP contribution is -2.16. The normalized spacial score (nSPS) is 16.1. The van der Waals surface area contributed by atoms with Crippen molar-refractivity contribution in [2.75, 3.05) is 0 Å². The largest absolute Gasteiger partial charge is 0.573 e. The van der Waals surface area contributed by atoms with Crippen LogP contribution in [0.25, 0.3) is 6.08 Å². The standard InChI is InChI=1S/C17H12F3NO4/c1-9-7-13(10(2)23-9)15-21-14(16(22)24-15)8-11-3-5-12(6-4-11)25-17(18,19)20/h3-8H,1-2H3/b14-8+. The van der Waals surface area contributed by atoms with Gasteiger partial charge in [-0.2, -0.15) is 0 Å². The van der Waals surface area contributed by atoms with E-state index in [2.05, 4.69) is 9.73 Å². The number of ether oxygens (including phenoxy) is 2. The van der Waals surface area contributed by atoms with Gasteiger partial charge in [0.15, 0.2) is 5.70 Å². The van der Waals surface area contributed by atoms with Crippen LogP contribution < -0.4 is 4.74 Å². The number of aryl methyl sites for hydroxylation is 2. The molecule has 2 aromatic rings. The van der Waals surface area contributed by atoms with Crippen LogP contribution in [-0.2, 0) is 9.53 Å². The van der Waals surface area contributed by atoms with Crippen molar-refractivity contribution >= 4 is 17.9 Å². The molecule has 1 aliphatic heterocycles. The second-order valence-electron chi connectivity index (χ2n) is 5.28. The number of halogens is 3. The van der Waals surface area contributed by atoms with Crippen LogP contribution in [-0.4, -0.2) is 18.2 Å². The highest BCUT2D eigenvalue weighted by Gasteiger charge is 2.31. The number of hydrogen-bond donors (Lipinski definition) is 0. The number of hydrogen-bond acceptors (Lipinski definition) is 5. The van der Waals surface area contributed by atoms with E-state index in [-0.39, 0.29) is 17.3 Å². The van der Waals surface area contributed by atoms with Crippen LogP contribution in [0.1, 0.15) is 22.6 Å². The average molecular weight is 351 g/mol. The summed E-state index contributed by atoms with van der Waals surface area (Å²) < 4.78 is 50.7. The number of esters is 1. The van der Waals surface area contributed by atoms with Gasteiger partial charge in [-0.3, -0.25) is 0 Å². The van der Waals surface area contributed by atoms with Crippen molar-refractivity contribution in [2.45, 2.75) is 20.2 Å². The lowest BCUT2D eigenvalue weighted by molar-refractivity contribution is -0.274. The summed E-state index contributed by atoms with van der Waals surface area (Å²) in [5.74, 6) is 0.353. The van der Waals surface area contributed by atoms with Crippen LogP contribution in [0.4, 0.5) is 13.2 Å². The summed E-state index contributed by atoms with van der Waals surface area (Å²) in [6, 6.07) is 6.75. The number of furan rings is 1. The second-order valence-corrected chi connectivity index (χ2v) is 5.28. The Morgan fingerprint density at radius 1 is 1.16 bits per heavy atom. The number of carbonyl (C=O) groups excluding carboxylic acids is 1. The molecule has 0 spiro atoms. The minimum absolute atomic E-state index is 0.0396. The summed E-state index contributed by atoms with van der Waals surface area (Å²) in [6.45, 7) is 3.48. The van der Waals surface area contributed by atoms with Crippen molar-refractivity contribution in [3.63, 3.8) is 0 Å². The van der Waals surface area contributed by atoms with Crippen LogP contribution >= 0.6 is 0 Å². The molecule has 0 amide bonds. The fraction of sp³-hybridized carbons (Fsp3) is 0.176. The number of cyclic esters (lactones) is 1. The Balaban J connectivity index is 1.83. The molecule has 1 aliphatic rings. The fourth-order valence-electron chi connectivity index (χ4n) is 2.29. The van der Waals surface area contributed by atoms with Crippen molar-refractivity contribution < 1.29 is 31.9 Å². The molecule has 130 valence electrons. The van der Waals surface area contributed by atoms with E-state index in [4.69, 9.17) is 9.15 Å². The molecule has 3 rings (SSSR count). The van der Waals surface area contributed by atoms with Crippen LogP contribution in [0.15, 0.2) is 45.4 Å². The zero-order valence-corrected chi connectivity index (χ0v) is 13.2. The summed E-state index contributed by atoms with van der Waals surface area (Å²) in [4.78, 5) is 16.1. The van der Waals surface area contributed by atoms with Crippen molar-refractivity contribution in [3.05, 3.63) is 58.7 Å². The van der Waals surface area contributed by atoms with Gasteiger partial charge in [-0.05, 0) is 43.7 Å². The average Bonchev–Trinajstić information content (AvgIpc) is 3.02. The van der Waals surface area contributed by atoms with Gasteiger partial charge in [0.1, 0.15) is 17.3 Å². The highest BCUT2D eigenvalue weighted by molar-refractivity contribution is 6.13.